The number of ether oxygens (including phenoxy) is 2. The van der Waals surface area contributed by atoms with Crippen LogP contribution in [0.25, 0.3) is 22.4 Å². The molecule has 0 radical (unpaired) electrons. The summed E-state index contributed by atoms with van der Waals surface area (Å²) in [7, 11) is 1.52. The van der Waals surface area contributed by atoms with E-state index in [0.29, 0.717) is 28.1 Å². The molecule has 0 aliphatic carbocycles. The summed E-state index contributed by atoms with van der Waals surface area (Å²) >= 11 is 0. The lowest BCUT2D eigenvalue weighted by Crippen LogP contribution is -2.15. The Balaban J connectivity index is 1.62. The van der Waals surface area contributed by atoms with E-state index in [4.69, 9.17) is 14.0 Å². The summed E-state index contributed by atoms with van der Waals surface area (Å²) in [5, 5.41) is 4.39. The largest absolute Gasteiger partial charge is 0.497 e. The average molecular weight is 416 g/mol. The van der Waals surface area contributed by atoms with E-state index < -0.39 is 12.6 Å². The highest BCUT2D eigenvalue weighted by Crippen LogP contribution is 2.28. The summed E-state index contributed by atoms with van der Waals surface area (Å²) in [4.78, 5) is 29.9. The first-order valence-electron chi connectivity index (χ1n) is 9.64. The number of carbonyl (C=O) groups is 2. The van der Waals surface area contributed by atoms with E-state index in [9.17, 15) is 9.59 Å². The Hall–Kier alpha value is -4.00. The second-order valence-corrected chi connectivity index (χ2v) is 7.10. The fraction of sp³-hybridized carbons (Fsp3) is 0.167. The Morgan fingerprint density at radius 1 is 1.03 bits per heavy atom. The SMILES string of the molecule is COc1cccc(C(=O)COC(=O)c2cc(-c3ccc(C)cc3)nc3onc(C)c23)c1. The number of carbonyl (C=O) groups excluding carboxylic acids is 2. The average Bonchev–Trinajstić information content (AvgIpc) is 3.17. The third kappa shape index (κ3) is 4.16. The molecule has 7 nitrogen and oxygen atoms in total. The van der Waals surface area contributed by atoms with Crippen LogP contribution in [0.2, 0.25) is 0 Å². The van der Waals surface area contributed by atoms with Gasteiger partial charge in [-0.25, -0.2) is 9.78 Å². The lowest BCUT2D eigenvalue weighted by molar-refractivity contribution is 0.0476. The van der Waals surface area contributed by atoms with E-state index in [0.717, 1.165) is 11.1 Å². The molecule has 0 N–H and O–H groups in total. The molecule has 2 heterocycles. The fourth-order valence-electron chi connectivity index (χ4n) is 3.22. The molecule has 2 aromatic carbocycles. The van der Waals surface area contributed by atoms with Crippen LogP contribution in [-0.2, 0) is 4.74 Å². The lowest BCUT2D eigenvalue weighted by atomic mass is 10.0. The van der Waals surface area contributed by atoms with Gasteiger partial charge in [-0.3, -0.25) is 4.79 Å². The van der Waals surface area contributed by atoms with E-state index in [2.05, 4.69) is 10.1 Å². The van der Waals surface area contributed by atoms with Crippen LogP contribution < -0.4 is 4.74 Å². The van der Waals surface area contributed by atoms with Crippen LogP contribution in [0.4, 0.5) is 0 Å². The van der Waals surface area contributed by atoms with Crippen molar-refractivity contribution in [1.29, 1.82) is 0 Å². The maximum Gasteiger partial charge on any atom is 0.339 e. The minimum absolute atomic E-state index is 0.238. The minimum Gasteiger partial charge on any atom is -0.497 e. The zero-order valence-corrected chi connectivity index (χ0v) is 17.3. The Kier molecular flexibility index (Phi) is 5.49. The molecular weight excluding hydrogens is 396 g/mol. The number of Topliss-reactive ketones (excluding diaryl/α,β-unsaturated/α-hetero) is 1. The number of hydrogen-bond acceptors (Lipinski definition) is 7. The summed E-state index contributed by atoms with van der Waals surface area (Å²) in [6, 6.07) is 16.0. The van der Waals surface area contributed by atoms with Crippen LogP contribution >= 0.6 is 0 Å². The number of nitrogens with zero attached hydrogens (tertiary/aromatic N) is 2. The number of esters is 1. The molecule has 156 valence electrons. The van der Waals surface area contributed by atoms with Gasteiger partial charge in [0.25, 0.3) is 5.71 Å². The third-order valence-corrected chi connectivity index (χ3v) is 4.91. The van der Waals surface area contributed by atoms with Crippen molar-refractivity contribution in [3.05, 3.63) is 77.0 Å². The standard InChI is InChI=1S/C24H20N2O5/c1-14-7-9-16(10-8-14)20-12-19(22-15(2)26-31-23(22)25-20)24(28)30-13-21(27)17-5-4-6-18(11-17)29-3/h4-12H,13H2,1-3H3. The summed E-state index contributed by atoms with van der Waals surface area (Å²) in [5.74, 6) is -0.433. The molecule has 0 unspecified atom stereocenters. The molecule has 2 aromatic heterocycles. The van der Waals surface area contributed by atoms with Crippen molar-refractivity contribution in [3.63, 3.8) is 0 Å². The number of hydrogen-bond donors (Lipinski definition) is 0. The number of pyridine rings is 1. The highest BCUT2D eigenvalue weighted by atomic mass is 16.5. The van der Waals surface area contributed by atoms with Crippen molar-refractivity contribution >= 4 is 22.9 Å². The molecule has 0 amide bonds. The zero-order chi connectivity index (χ0) is 22.0. The Morgan fingerprint density at radius 2 is 1.81 bits per heavy atom. The van der Waals surface area contributed by atoms with Gasteiger partial charge in [0.1, 0.15) is 5.75 Å². The van der Waals surface area contributed by atoms with Crippen molar-refractivity contribution in [1.82, 2.24) is 10.1 Å². The van der Waals surface area contributed by atoms with Gasteiger partial charge < -0.3 is 14.0 Å². The molecule has 0 atom stereocenters. The molecular formula is C24H20N2O5. The van der Waals surface area contributed by atoms with Crippen LogP contribution in [0.5, 0.6) is 5.75 Å². The van der Waals surface area contributed by atoms with E-state index >= 15 is 0 Å². The monoisotopic (exact) mass is 416 g/mol. The molecule has 0 saturated heterocycles. The molecule has 0 fully saturated rings. The van der Waals surface area contributed by atoms with Gasteiger partial charge in [-0.15, -0.1) is 0 Å². The third-order valence-electron chi connectivity index (χ3n) is 4.91. The Morgan fingerprint density at radius 3 is 2.55 bits per heavy atom. The molecule has 4 rings (SSSR count). The summed E-state index contributed by atoms with van der Waals surface area (Å²) in [6.07, 6.45) is 0. The number of ketones is 1. The number of rotatable bonds is 6. The fourth-order valence-corrected chi connectivity index (χ4v) is 3.22. The Bertz CT molecular complexity index is 1280. The number of benzene rings is 2. The van der Waals surface area contributed by atoms with Crippen molar-refractivity contribution in [2.75, 3.05) is 13.7 Å². The number of aryl methyl sites for hydroxylation is 2. The molecule has 4 aromatic rings. The number of aromatic nitrogens is 2. The van der Waals surface area contributed by atoms with Crippen molar-refractivity contribution < 1.29 is 23.6 Å². The van der Waals surface area contributed by atoms with Gasteiger partial charge in [-0.05, 0) is 32.0 Å². The molecule has 0 bridgehead atoms. The summed E-state index contributed by atoms with van der Waals surface area (Å²) in [6.45, 7) is 3.31. The zero-order valence-electron chi connectivity index (χ0n) is 17.3. The maximum atomic E-state index is 12.9. The van der Waals surface area contributed by atoms with Gasteiger partial charge in [0.15, 0.2) is 12.4 Å². The van der Waals surface area contributed by atoms with Crippen LogP contribution in [0, 0.1) is 13.8 Å². The smallest absolute Gasteiger partial charge is 0.339 e. The Labute approximate surface area is 178 Å². The maximum absolute atomic E-state index is 12.9. The molecule has 31 heavy (non-hydrogen) atoms. The predicted octanol–water partition coefficient (Wildman–Crippen LogP) is 4.55. The predicted molar refractivity (Wildman–Crippen MR) is 114 cm³/mol. The highest BCUT2D eigenvalue weighted by Gasteiger charge is 2.21. The minimum atomic E-state index is -0.650. The normalized spacial score (nSPS) is 10.8. The highest BCUT2D eigenvalue weighted by molar-refractivity contribution is 6.06. The first kappa shape index (κ1) is 20.3. The van der Waals surface area contributed by atoms with Crippen molar-refractivity contribution in [2.45, 2.75) is 13.8 Å². The van der Waals surface area contributed by atoms with Gasteiger partial charge >= 0.3 is 5.97 Å². The van der Waals surface area contributed by atoms with Crippen LogP contribution in [0.15, 0.2) is 59.1 Å². The first-order valence-corrected chi connectivity index (χ1v) is 9.64. The quantitative estimate of drug-likeness (QED) is 0.336. The second kappa shape index (κ2) is 8.39. The van der Waals surface area contributed by atoms with Crippen molar-refractivity contribution in [2.24, 2.45) is 0 Å². The van der Waals surface area contributed by atoms with Crippen molar-refractivity contribution in [3.8, 4) is 17.0 Å². The van der Waals surface area contributed by atoms with E-state index in [1.165, 1.54) is 7.11 Å². The van der Waals surface area contributed by atoms with E-state index in [1.54, 1.807) is 37.3 Å². The lowest BCUT2D eigenvalue weighted by Gasteiger charge is -2.08. The molecule has 0 saturated carbocycles. The van der Waals surface area contributed by atoms with Gasteiger partial charge in [-0.1, -0.05) is 47.1 Å². The van der Waals surface area contributed by atoms with Crippen LogP contribution in [0.1, 0.15) is 32.0 Å². The van der Waals surface area contributed by atoms with Crippen LogP contribution in [-0.4, -0.2) is 35.6 Å². The van der Waals surface area contributed by atoms with Crippen LogP contribution in [0.3, 0.4) is 0 Å². The van der Waals surface area contributed by atoms with Gasteiger partial charge in [0, 0.05) is 11.1 Å². The van der Waals surface area contributed by atoms with Gasteiger partial charge in [0.2, 0.25) is 0 Å². The first-order chi connectivity index (χ1) is 15.0. The molecule has 0 aliphatic heterocycles. The van der Waals surface area contributed by atoms with E-state index in [1.807, 2.05) is 31.2 Å². The molecule has 0 aliphatic rings. The summed E-state index contributed by atoms with van der Waals surface area (Å²) in [5.41, 5.74) is 3.88. The van der Waals surface area contributed by atoms with E-state index in [-0.39, 0.29) is 17.1 Å². The second-order valence-electron chi connectivity index (χ2n) is 7.10. The summed E-state index contributed by atoms with van der Waals surface area (Å²) < 4.78 is 15.8. The van der Waals surface area contributed by atoms with Gasteiger partial charge in [-0.2, -0.15) is 0 Å². The molecule has 7 heteroatoms. The van der Waals surface area contributed by atoms with Gasteiger partial charge in [0.05, 0.1) is 29.4 Å². The number of fused-ring (bicyclic) bond motifs is 1. The molecule has 0 spiro atoms. The topological polar surface area (TPSA) is 91.5 Å². The number of methoxy groups -OCH3 is 1.